The van der Waals surface area contributed by atoms with Crippen molar-refractivity contribution in [2.45, 2.75) is 33.0 Å². The van der Waals surface area contributed by atoms with Crippen molar-refractivity contribution in [3.05, 3.63) is 40.9 Å². The number of amides is 2. The molecule has 0 aliphatic rings. The van der Waals surface area contributed by atoms with Gasteiger partial charge in [0.1, 0.15) is 5.51 Å². The molecule has 9 heteroatoms. The average Bonchev–Trinajstić information content (AvgIpc) is 2.95. The minimum absolute atomic E-state index is 0.309. The van der Waals surface area contributed by atoms with Crippen LogP contribution < -0.4 is 10.6 Å². The van der Waals surface area contributed by atoms with Crippen LogP contribution >= 0.6 is 11.3 Å². The van der Waals surface area contributed by atoms with Crippen molar-refractivity contribution in [3.8, 4) is 0 Å². The highest BCUT2D eigenvalue weighted by molar-refractivity contribution is 7.13. The molecule has 130 valence electrons. The zero-order valence-corrected chi connectivity index (χ0v) is 14.1. The summed E-state index contributed by atoms with van der Waals surface area (Å²) in [4.78, 5) is 12.1. The monoisotopic (exact) mass is 358 g/mol. The standard InChI is InChI=1S/C15H17F3N4OS/c1-14(2,3)11(20-12(23)21-13-22-19-8-24-13)9-5-4-6-10(7-9)15(16,17)18/h4-8,11H,1-3H3,(H2,20,21,22,23)/t11-/m0/s1. The summed E-state index contributed by atoms with van der Waals surface area (Å²) in [6, 6.07) is 3.79. The topological polar surface area (TPSA) is 66.9 Å². The van der Waals surface area contributed by atoms with Gasteiger partial charge in [0.2, 0.25) is 5.13 Å². The number of anilines is 1. The SMILES string of the molecule is CC(C)(C)[C@@H](NC(=O)Nc1nncs1)c1cccc(C(F)(F)F)c1. The van der Waals surface area contributed by atoms with Crippen LogP contribution in [0.1, 0.15) is 37.9 Å². The van der Waals surface area contributed by atoms with E-state index in [-0.39, 0.29) is 0 Å². The number of hydrogen-bond acceptors (Lipinski definition) is 4. The summed E-state index contributed by atoms with van der Waals surface area (Å²) in [5.41, 5.74) is 0.595. The number of rotatable bonds is 3. The molecule has 2 amide bonds. The van der Waals surface area contributed by atoms with Crippen LogP contribution in [0.15, 0.2) is 29.8 Å². The van der Waals surface area contributed by atoms with Crippen molar-refractivity contribution in [3.63, 3.8) is 0 Å². The third-order valence-electron chi connectivity index (χ3n) is 3.27. The van der Waals surface area contributed by atoms with Crippen molar-refractivity contribution >= 4 is 22.5 Å². The fourth-order valence-electron chi connectivity index (χ4n) is 2.19. The number of hydrogen-bond donors (Lipinski definition) is 2. The number of halogens is 3. The molecule has 2 rings (SSSR count). The van der Waals surface area contributed by atoms with E-state index in [0.29, 0.717) is 10.7 Å². The first-order chi connectivity index (χ1) is 11.1. The van der Waals surface area contributed by atoms with E-state index in [1.54, 1.807) is 6.07 Å². The summed E-state index contributed by atoms with van der Waals surface area (Å²) in [5, 5.41) is 12.8. The summed E-state index contributed by atoms with van der Waals surface area (Å²) in [5.74, 6) is 0. The Morgan fingerprint density at radius 2 is 1.96 bits per heavy atom. The van der Waals surface area contributed by atoms with Crippen LogP contribution in [-0.4, -0.2) is 16.2 Å². The van der Waals surface area contributed by atoms with Gasteiger partial charge >= 0.3 is 12.2 Å². The largest absolute Gasteiger partial charge is 0.416 e. The molecule has 1 aromatic carbocycles. The van der Waals surface area contributed by atoms with Gasteiger partial charge in [0, 0.05) is 0 Å². The highest BCUT2D eigenvalue weighted by Crippen LogP contribution is 2.36. The fraction of sp³-hybridized carbons (Fsp3) is 0.400. The van der Waals surface area contributed by atoms with Crippen molar-refractivity contribution in [1.82, 2.24) is 15.5 Å². The Balaban J connectivity index is 2.24. The Bertz CT molecular complexity index is 695. The highest BCUT2D eigenvalue weighted by Gasteiger charge is 2.33. The van der Waals surface area contributed by atoms with E-state index >= 15 is 0 Å². The van der Waals surface area contributed by atoms with E-state index in [9.17, 15) is 18.0 Å². The smallest absolute Gasteiger partial charge is 0.330 e. The van der Waals surface area contributed by atoms with Crippen LogP contribution in [0.4, 0.5) is 23.1 Å². The van der Waals surface area contributed by atoms with Crippen LogP contribution in [0.2, 0.25) is 0 Å². The molecule has 5 nitrogen and oxygen atoms in total. The maximum absolute atomic E-state index is 12.9. The van der Waals surface area contributed by atoms with Gasteiger partial charge in [0.15, 0.2) is 0 Å². The normalized spacial score (nSPS) is 13.4. The minimum Gasteiger partial charge on any atom is -0.330 e. The molecule has 24 heavy (non-hydrogen) atoms. The number of carbonyl (C=O) groups excluding carboxylic acids is 1. The second-order valence-electron chi connectivity index (χ2n) is 6.26. The molecule has 0 saturated carbocycles. The van der Waals surface area contributed by atoms with Crippen molar-refractivity contribution in [2.75, 3.05) is 5.32 Å². The lowest BCUT2D eigenvalue weighted by molar-refractivity contribution is -0.137. The fourth-order valence-corrected chi connectivity index (χ4v) is 2.63. The molecule has 2 N–H and O–H groups in total. The van der Waals surface area contributed by atoms with Gasteiger partial charge in [-0.15, -0.1) is 10.2 Å². The summed E-state index contributed by atoms with van der Waals surface area (Å²) in [6.45, 7) is 5.51. The molecule has 0 unspecified atom stereocenters. The predicted octanol–water partition coefficient (Wildman–Crippen LogP) is 4.47. The molecule has 0 saturated heterocycles. The lowest BCUT2D eigenvalue weighted by Crippen LogP contribution is -2.39. The van der Waals surface area contributed by atoms with Gasteiger partial charge in [-0.3, -0.25) is 5.32 Å². The first kappa shape index (κ1) is 18.2. The lowest BCUT2D eigenvalue weighted by Gasteiger charge is -2.32. The third-order valence-corrected chi connectivity index (χ3v) is 3.88. The molecule has 2 aromatic rings. The lowest BCUT2D eigenvalue weighted by atomic mass is 9.82. The van der Waals surface area contributed by atoms with E-state index in [1.165, 1.54) is 11.6 Å². The Hall–Kier alpha value is -2.16. The Morgan fingerprint density at radius 3 is 2.50 bits per heavy atom. The molecule has 0 aliphatic heterocycles. The number of aromatic nitrogens is 2. The predicted molar refractivity (Wildman–Crippen MR) is 85.7 cm³/mol. The van der Waals surface area contributed by atoms with E-state index in [2.05, 4.69) is 20.8 Å². The molecular formula is C15H17F3N4OS. The van der Waals surface area contributed by atoms with Gasteiger partial charge in [-0.25, -0.2) is 4.79 Å². The number of carbonyl (C=O) groups is 1. The zero-order chi connectivity index (χ0) is 18.0. The molecule has 1 aromatic heterocycles. The van der Waals surface area contributed by atoms with Crippen LogP contribution in [0.5, 0.6) is 0 Å². The number of nitrogens with one attached hydrogen (secondary N) is 2. The van der Waals surface area contributed by atoms with Crippen molar-refractivity contribution in [1.29, 1.82) is 0 Å². The maximum Gasteiger partial charge on any atom is 0.416 e. The summed E-state index contributed by atoms with van der Waals surface area (Å²) in [7, 11) is 0. The number of alkyl halides is 3. The second-order valence-corrected chi connectivity index (χ2v) is 7.10. The Kier molecular flexibility index (Phi) is 5.12. The quantitative estimate of drug-likeness (QED) is 0.851. The van der Waals surface area contributed by atoms with Crippen LogP contribution in [0.25, 0.3) is 0 Å². The van der Waals surface area contributed by atoms with E-state index in [1.807, 2.05) is 20.8 Å². The molecule has 1 heterocycles. The number of benzene rings is 1. The highest BCUT2D eigenvalue weighted by atomic mass is 32.1. The van der Waals surface area contributed by atoms with Gasteiger partial charge in [-0.05, 0) is 23.1 Å². The van der Waals surface area contributed by atoms with Gasteiger partial charge in [0.25, 0.3) is 0 Å². The third kappa shape index (κ3) is 4.67. The summed E-state index contributed by atoms with van der Waals surface area (Å²) >= 11 is 1.14. The minimum atomic E-state index is -4.44. The zero-order valence-electron chi connectivity index (χ0n) is 13.3. The number of nitrogens with zero attached hydrogens (tertiary/aromatic N) is 2. The molecule has 0 spiro atoms. The maximum atomic E-state index is 12.9. The molecule has 0 radical (unpaired) electrons. The molecule has 0 fully saturated rings. The molecule has 1 atom stereocenters. The van der Waals surface area contributed by atoms with Gasteiger partial charge in [-0.2, -0.15) is 13.2 Å². The molecule has 0 bridgehead atoms. The van der Waals surface area contributed by atoms with E-state index < -0.39 is 29.2 Å². The molecular weight excluding hydrogens is 341 g/mol. The van der Waals surface area contributed by atoms with Crippen LogP contribution in [-0.2, 0) is 6.18 Å². The van der Waals surface area contributed by atoms with Crippen LogP contribution in [0.3, 0.4) is 0 Å². The van der Waals surface area contributed by atoms with Gasteiger partial charge in [0.05, 0.1) is 11.6 Å². The summed E-state index contributed by atoms with van der Waals surface area (Å²) < 4.78 is 38.8. The van der Waals surface area contributed by atoms with Crippen LogP contribution in [0, 0.1) is 5.41 Å². The Labute approximate surface area is 141 Å². The average molecular weight is 358 g/mol. The number of urea groups is 1. The van der Waals surface area contributed by atoms with E-state index in [0.717, 1.165) is 23.5 Å². The first-order valence-electron chi connectivity index (χ1n) is 7.08. The summed E-state index contributed by atoms with van der Waals surface area (Å²) in [6.07, 6.45) is -4.44. The van der Waals surface area contributed by atoms with Crippen molar-refractivity contribution in [2.24, 2.45) is 5.41 Å². The second kappa shape index (κ2) is 6.76. The van der Waals surface area contributed by atoms with Gasteiger partial charge in [-0.1, -0.05) is 44.2 Å². The Morgan fingerprint density at radius 1 is 1.25 bits per heavy atom. The first-order valence-corrected chi connectivity index (χ1v) is 7.96. The van der Waals surface area contributed by atoms with Gasteiger partial charge < -0.3 is 5.32 Å². The van der Waals surface area contributed by atoms with Crippen molar-refractivity contribution < 1.29 is 18.0 Å². The van der Waals surface area contributed by atoms with E-state index in [4.69, 9.17) is 0 Å². The molecule has 0 aliphatic carbocycles.